The van der Waals surface area contributed by atoms with E-state index in [0.29, 0.717) is 0 Å². The summed E-state index contributed by atoms with van der Waals surface area (Å²) in [6, 6.07) is 4.10. The molecule has 0 N–H and O–H groups in total. The van der Waals surface area contributed by atoms with E-state index < -0.39 is 0 Å². The molecule has 0 aliphatic rings. The summed E-state index contributed by atoms with van der Waals surface area (Å²) in [4.78, 5) is 1.51. The van der Waals surface area contributed by atoms with E-state index >= 15 is 0 Å². The van der Waals surface area contributed by atoms with Gasteiger partial charge in [-0.1, -0.05) is 22.9 Å². The normalized spacial score (nSPS) is 13.0. The van der Waals surface area contributed by atoms with Gasteiger partial charge in [0.05, 0.1) is 11.1 Å². The topological polar surface area (TPSA) is 13.1 Å². The van der Waals surface area contributed by atoms with E-state index in [1.165, 1.54) is 10.4 Å². The van der Waals surface area contributed by atoms with Gasteiger partial charge < -0.3 is 4.42 Å². The first-order valence-electron chi connectivity index (χ1n) is 4.67. The Morgan fingerprint density at radius 2 is 2.27 bits per heavy atom. The number of rotatable bonds is 3. The van der Waals surface area contributed by atoms with Crippen molar-refractivity contribution < 1.29 is 4.42 Å². The molecular weight excluding hydrogens is 340 g/mol. The van der Waals surface area contributed by atoms with E-state index in [-0.39, 0.29) is 4.83 Å². The molecule has 1 nitrogen and oxygen atoms in total. The van der Waals surface area contributed by atoms with Gasteiger partial charge >= 0.3 is 0 Å². The Morgan fingerprint density at radius 1 is 1.47 bits per heavy atom. The summed E-state index contributed by atoms with van der Waals surface area (Å²) < 4.78 is 6.58. The number of alkyl halides is 1. The Labute approximate surface area is 110 Å². The summed E-state index contributed by atoms with van der Waals surface area (Å²) in [5.41, 5.74) is 1.22. The van der Waals surface area contributed by atoms with Crippen LogP contribution in [0, 0.1) is 0 Å². The molecule has 2 heterocycles. The van der Waals surface area contributed by atoms with Crippen LogP contribution in [0.25, 0.3) is 0 Å². The molecule has 15 heavy (non-hydrogen) atoms. The van der Waals surface area contributed by atoms with Crippen LogP contribution in [0.5, 0.6) is 0 Å². The van der Waals surface area contributed by atoms with Crippen molar-refractivity contribution in [3.05, 3.63) is 44.4 Å². The summed E-state index contributed by atoms with van der Waals surface area (Å²) in [5.74, 6) is 1.05. The third kappa shape index (κ3) is 2.22. The zero-order chi connectivity index (χ0) is 10.8. The standard InChI is InChI=1S/C11H10Br2OS/c1-2-9-7(3-5-14-9)10(13)11-8(12)4-6-15-11/h3-6,10H,2H2,1H3. The van der Waals surface area contributed by atoms with Crippen LogP contribution in [0.1, 0.15) is 28.0 Å². The predicted molar refractivity (Wildman–Crippen MR) is 70.9 cm³/mol. The lowest BCUT2D eigenvalue weighted by Crippen LogP contribution is -1.92. The fraction of sp³-hybridized carbons (Fsp3) is 0.273. The molecule has 0 radical (unpaired) electrons. The van der Waals surface area contributed by atoms with E-state index in [9.17, 15) is 0 Å². The van der Waals surface area contributed by atoms with E-state index in [0.717, 1.165) is 16.7 Å². The summed E-state index contributed by atoms with van der Waals surface area (Å²) >= 11 is 9.00. The van der Waals surface area contributed by atoms with E-state index in [1.807, 2.05) is 6.07 Å². The highest BCUT2D eigenvalue weighted by Gasteiger charge is 2.19. The molecule has 4 heteroatoms. The lowest BCUT2D eigenvalue weighted by Gasteiger charge is -2.08. The van der Waals surface area contributed by atoms with Crippen molar-refractivity contribution in [2.45, 2.75) is 18.2 Å². The third-order valence-electron chi connectivity index (χ3n) is 2.25. The molecule has 0 aromatic carbocycles. The Morgan fingerprint density at radius 3 is 2.87 bits per heavy atom. The second-order valence-corrected chi connectivity index (χ2v) is 5.87. The zero-order valence-corrected chi connectivity index (χ0v) is 12.2. The molecule has 0 saturated heterocycles. The monoisotopic (exact) mass is 348 g/mol. The molecule has 0 fully saturated rings. The fourth-order valence-corrected chi connectivity index (χ4v) is 4.37. The Bertz CT molecular complexity index is 447. The van der Waals surface area contributed by atoms with Gasteiger partial charge in [-0.2, -0.15) is 0 Å². The lowest BCUT2D eigenvalue weighted by atomic mass is 10.1. The predicted octanol–water partition coefficient (Wildman–Crippen LogP) is 5.15. The highest BCUT2D eigenvalue weighted by atomic mass is 79.9. The minimum absolute atomic E-state index is 0.223. The second kappa shape index (κ2) is 4.85. The molecule has 0 saturated carbocycles. The van der Waals surface area contributed by atoms with Gasteiger partial charge in [0.1, 0.15) is 5.76 Å². The molecule has 1 unspecified atom stereocenters. The number of hydrogen-bond acceptors (Lipinski definition) is 2. The molecule has 0 aliphatic carbocycles. The van der Waals surface area contributed by atoms with Gasteiger partial charge in [-0.05, 0) is 33.4 Å². The average molecular weight is 350 g/mol. The number of hydrogen-bond donors (Lipinski definition) is 0. The van der Waals surface area contributed by atoms with Gasteiger partial charge in [0.2, 0.25) is 0 Å². The Kier molecular flexibility index (Phi) is 3.69. The molecule has 0 aliphatic heterocycles. The molecular formula is C11H10Br2OS. The zero-order valence-electron chi connectivity index (χ0n) is 8.17. The first-order chi connectivity index (χ1) is 7.24. The maximum Gasteiger partial charge on any atom is 0.108 e. The van der Waals surface area contributed by atoms with Crippen LogP contribution in [0.3, 0.4) is 0 Å². The van der Waals surface area contributed by atoms with Crippen molar-refractivity contribution in [1.29, 1.82) is 0 Å². The molecule has 2 aromatic heterocycles. The average Bonchev–Trinajstić information content (AvgIpc) is 2.84. The van der Waals surface area contributed by atoms with Crippen molar-refractivity contribution in [1.82, 2.24) is 0 Å². The summed E-state index contributed by atoms with van der Waals surface area (Å²) in [7, 11) is 0. The minimum atomic E-state index is 0.223. The fourth-order valence-electron chi connectivity index (χ4n) is 1.49. The molecule has 0 spiro atoms. The van der Waals surface area contributed by atoms with Crippen molar-refractivity contribution in [2.24, 2.45) is 0 Å². The first kappa shape index (κ1) is 11.4. The van der Waals surface area contributed by atoms with Gasteiger partial charge in [0.25, 0.3) is 0 Å². The highest BCUT2D eigenvalue weighted by Crippen LogP contribution is 2.40. The molecule has 1 atom stereocenters. The first-order valence-corrected chi connectivity index (χ1v) is 7.26. The van der Waals surface area contributed by atoms with Gasteiger partial charge in [0.15, 0.2) is 0 Å². The molecule has 80 valence electrons. The van der Waals surface area contributed by atoms with Crippen LogP contribution in [0.4, 0.5) is 0 Å². The third-order valence-corrected chi connectivity index (χ3v) is 5.44. The van der Waals surface area contributed by atoms with Crippen LogP contribution < -0.4 is 0 Å². The molecule has 0 amide bonds. The van der Waals surface area contributed by atoms with Crippen LogP contribution in [0.2, 0.25) is 0 Å². The van der Waals surface area contributed by atoms with E-state index in [2.05, 4.69) is 50.2 Å². The largest absolute Gasteiger partial charge is 0.469 e. The van der Waals surface area contributed by atoms with Gasteiger partial charge in [-0.15, -0.1) is 11.3 Å². The van der Waals surface area contributed by atoms with Gasteiger partial charge in [-0.25, -0.2) is 0 Å². The number of thiophene rings is 1. The van der Waals surface area contributed by atoms with Gasteiger partial charge in [-0.3, -0.25) is 0 Å². The van der Waals surface area contributed by atoms with Crippen LogP contribution in [-0.2, 0) is 6.42 Å². The minimum Gasteiger partial charge on any atom is -0.469 e. The highest BCUT2D eigenvalue weighted by molar-refractivity contribution is 9.11. The van der Waals surface area contributed by atoms with Crippen molar-refractivity contribution >= 4 is 43.2 Å². The van der Waals surface area contributed by atoms with Crippen LogP contribution in [0.15, 0.2) is 32.7 Å². The maximum atomic E-state index is 5.43. The quantitative estimate of drug-likeness (QED) is 0.698. The summed E-state index contributed by atoms with van der Waals surface area (Å²) in [5, 5.41) is 2.08. The van der Waals surface area contributed by atoms with Gasteiger partial charge in [0, 0.05) is 21.3 Å². The summed E-state index contributed by atoms with van der Waals surface area (Å²) in [6.45, 7) is 2.10. The van der Waals surface area contributed by atoms with E-state index in [1.54, 1.807) is 17.6 Å². The Balaban J connectivity index is 2.36. The molecule has 0 bridgehead atoms. The van der Waals surface area contributed by atoms with Crippen LogP contribution in [-0.4, -0.2) is 0 Å². The van der Waals surface area contributed by atoms with E-state index in [4.69, 9.17) is 4.42 Å². The van der Waals surface area contributed by atoms with Crippen molar-refractivity contribution in [3.63, 3.8) is 0 Å². The second-order valence-electron chi connectivity index (χ2n) is 3.15. The Hall–Kier alpha value is -0.0600. The molecule has 2 aromatic rings. The van der Waals surface area contributed by atoms with Crippen LogP contribution >= 0.6 is 43.2 Å². The van der Waals surface area contributed by atoms with Crippen molar-refractivity contribution in [3.8, 4) is 0 Å². The summed E-state index contributed by atoms with van der Waals surface area (Å²) in [6.07, 6.45) is 2.68. The number of aryl methyl sites for hydroxylation is 1. The molecule has 2 rings (SSSR count). The maximum absolute atomic E-state index is 5.43. The lowest BCUT2D eigenvalue weighted by molar-refractivity contribution is 0.512. The smallest absolute Gasteiger partial charge is 0.108 e. The number of furan rings is 1. The number of halogens is 2. The SMILES string of the molecule is CCc1occc1C(Br)c1sccc1Br. The van der Waals surface area contributed by atoms with Crippen molar-refractivity contribution in [2.75, 3.05) is 0 Å².